The van der Waals surface area contributed by atoms with E-state index in [0.717, 1.165) is 18.8 Å². The van der Waals surface area contributed by atoms with E-state index in [1.54, 1.807) is 0 Å². The first kappa shape index (κ1) is 14.5. The van der Waals surface area contributed by atoms with Gasteiger partial charge in [-0.25, -0.2) is 0 Å². The molecule has 1 aliphatic rings. The number of hydrogen-bond donors (Lipinski definition) is 2. The van der Waals surface area contributed by atoms with Gasteiger partial charge in [-0.05, 0) is 24.2 Å². The second-order valence-electron chi connectivity index (χ2n) is 6.71. The molecule has 1 aliphatic carbocycles. The lowest BCUT2D eigenvalue weighted by Crippen LogP contribution is -2.44. The first-order chi connectivity index (χ1) is 7.79. The van der Waals surface area contributed by atoms with Crippen molar-refractivity contribution >= 4 is 5.91 Å². The van der Waals surface area contributed by atoms with E-state index in [1.807, 2.05) is 0 Å². The van der Waals surface area contributed by atoms with Gasteiger partial charge in [0.1, 0.15) is 0 Å². The van der Waals surface area contributed by atoms with Gasteiger partial charge in [0.25, 0.3) is 0 Å². The number of nitrogens with one attached hydrogen (secondary N) is 1. The molecule has 17 heavy (non-hydrogen) atoms. The van der Waals surface area contributed by atoms with Crippen LogP contribution in [0.4, 0.5) is 0 Å². The van der Waals surface area contributed by atoms with Gasteiger partial charge in [0.2, 0.25) is 5.91 Å². The van der Waals surface area contributed by atoms with E-state index in [9.17, 15) is 4.79 Å². The molecule has 0 bridgehead atoms. The van der Waals surface area contributed by atoms with Crippen LogP contribution in [0.25, 0.3) is 0 Å². The lowest BCUT2D eigenvalue weighted by Gasteiger charge is -2.30. The van der Waals surface area contributed by atoms with E-state index < -0.39 is 0 Å². The van der Waals surface area contributed by atoms with Gasteiger partial charge in [-0.2, -0.15) is 0 Å². The Morgan fingerprint density at radius 3 is 2.59 bits per heavy atom. The van der Waals surface area contributed by atoms with Crippen molar-refractivity contribution in [3.05, 3.63) is 0 Å². The van der Waals surface area contributed by atoms with E-state index in [-0.39, 0.29) is 17.4 Å². The Balaban J connectivity index is 2.34. The molecule has 0 aromatic carbocycles. The minimum absolute atomic E-state index is 0.00278. The highest BCUT2D eigenvalue weighted by Gasteiger charge is 2.25. The SMILES string of the molecule is CC1CCCC(NC(=O)CC(N)C(C)(C)C)C1. The quantitative estimate of drug-likeness (QED) is 0.796. The molecular formula is C14H28N2O. The van der Waals surface area contributed by atoms with Crippen LogP contribution in [0.15, 0.2) is 0 Å². The van der Waals surface area contributed by atoms with Crippen molar-refractivity contribution in [2.75, 3.05) is 0 Å². The van der Waals surface area contributed by atoms with Crippen LogP contribution in [0.5, 0.6) is 0 Å². The van der Waals surface area contributed by atoms with Crippen molar-refractivity contribution in [2.45, 2.75) is 71.9 Å². The van der Waals surface area contributed by atoms with Crippen molar-refractivity contribution in [1.82, 2.24) is 5.32 Å². The molecule has 0 radical (unpaired) electrons. The molecule has 0 aromatic rings. The molecule has 100 valence electrons. The maximum absolute atomic E-state index is 11.9. The molecule has 1 fully saturated rings. The Kier molecular flexibility index (Phi) is 4.99. The molecule has 0 spiro atoms. The highest BCUT2D eigenvalue weighted by molar-refractivity contribution is 5.77. The van der Waals surface area contributed by atoms with Gasteiger partial charge in [-0.15, -0.1) is 0 Å². The van der Waals surface area contributed by atoms with Crippen LogP contribution in [-0.4, -0.2) is 18.0 Å². The van der Waals surface area contributed by atoms with Crippen molar-refractivity contribution in [2.24, 2.45) is 17.1 Å². The highest BCUT2D eigenvalue weighted by atomic mass is 16.1. The molecule has 3 heteroatoms. The van der Waals surface area contributed by atoms with Gasteiger partial charge in [0.05, 0.1) is 0 Å². The second-order valence-corrected chi connectivity index (χ2v) is 6.71. The van der Waals surface area contributed by atoms with Crippen molar-refractivity contribution < 1.29 is 4.79 Å². The zero-order valence-electron chi connectivity index (χ0n) is 11.8. The Morgan fingerprint density at radius 1 is 1.41 bits per heavy atom. The zero-order valence-corrected chi connectivity index (χ0v) is 11.8. The van der Waals surface area contributed by atoms with Crippen molar-refractivity contribution in [3.8, 4) is 0 Å². The number of carbonyl (C=O) groups excluding carboxylic acids is 1. The number of amides is 1. The van der Waals surface area contributed by atoms with E-state index in [1.165, 1.54) is 12.8 Å². The van der Waals surface area contributed by atoms with Crippen LogP contribution in [-0.2, 0) is 4.79 Å². The van der Waals surface area contributed by atoms with Crippen molar-refractivity contribution in [1.29, 1.82) is 0 Å². The van der Waals surface area contributed by atoms with Crippen LogP contribution in [0.1, 0.15) is 59.8 Å². The van der Waals surface area contributed by atoms with Gasteiger partial charge < -0.3 is 11.1 Å². The fourth-order valence-electron chi connectivity index (χ4n) is 2.36. The van der Waals surface area contributed by atoms with Gasteiger partial charge >= 0.3 is 0 Å². The molecule has 3 N–H and O–H groups in total. The standard InChI is InChI=1S/C14H28N2O/c1-10-6-5-7-11(8-10)16-13(17)9-12(15)14(2,3)4/h10-12H,5-9,15H2,1-4H3,(H,16,17). The summed E-state index contributed by atoms with van der Waals surface area (Å²) in [6, 6.07) is 0.307. The van der Waals surface area contributed by atoms with Gasteiger partial charge in [0.15, 0.2) is 0 Å². The molecule has 0 saturated heterocycles. The maximum atomic E-state index is 11.9. The molecule has 3 atom stereocenters. The van der Waals surface area contributed by atoms with E-state index >= 15 is 0 Å². The normalized spacial score (nSPS) is 27.6. The molecular weight excluding hydrogens is 212 g/mol. The molecule has 3 nitrogen and oxygen atoms in total. The third-order valence-corrected chi connectivity index (χ3v) is 3.82. The molecule has 0 heterocycles. The zero-order chi connectivity index (χ0) is 13.1. The van der Waals surface area contributed by atoms with Gasteiger partial charge in [0, 0.05) is 18.5 Å². The third kappa shape index (κ3) is 5.07. The lowest BCUT2D eigenvalue weighted by molar-refractivity contribution is -0.122. The average molecular weight is 240 g/mol. The Hall–Kier alpha value is -0.570. The third-order valence-electron chi connectivity index (χ3n) is 3.82. The topological polar surface area (TPSA) is 55.1 Å². The summed E-state index contributed by atoms with van der Waals surface area (Å²) < 4.78 is 0. The smallest absolute Gasteiger partial charge is 0.221 e. The summed E-state index contributed by atoms with van der Waals surface area (Å²) in [7, 11) is 0. The van der Waals surface area contributed by atoms with Gasteiger partial charge in [-0.3, -0.25) is 4.79 Å². The Morgan fingerprint density at radius 2 is 2.06 bits per heavy atom. The number of hydrogen-bond acceptors (Lipinski definition) is 2. The first-order valence-corrected chi connectivity index (χ1v) is 6.84. The largest absolute Gasteiger partial charge is 0.353 e. The average Bonchev–Trinajstić information content (AvgIpc) is 2.15. The van der Waals surface area contributed by atoms with Crippen LogP contribution in [0.2, 0.25) is 0 Å². The predicted octanol–water partition coefficient (Wildman–Crippen LogP) is 2.44. The summed E-state index contributed by atoms with van der Waals surface area (Å²) in [5, 5.41) is 3.13. The van der Waals surface area contributed by atoms with E-state index in [2.05, 4.69) is 33.0 Å². The number of nitrogens with two attached hydrogens (primary N) is 1. The Bertz CT molecular complexity index is 257. The summed E-state index contributed by atoms with van der Waals surface area (Å²) in [5.74, 6) is 0.858. The number of carbonyl (C=O) groups is 1. The first-order valence-electron chi connectivity index (χ1n) is 6.84. The lowest BCUT2D eigenvalue weighted by atomic mass is 9.84. The molecule has 0 aromatic heterocycles. The summed E-state index contributed by atoms with van der Waals surface area (Å²) in [6.45, 7) is 8.49. The summed E-state index contributed by atoms with van der Waals surface area (Å²) in [6.07, 6.45) is 5.22. The fourth-order valence-corrected chi connectivity index (χ4v) is 2.36. The maximum Gasteiger partial charge on any atom is 0.221 e. The highest BCUT2D eigenvalue weighted by Crippen LogP contribution is 2.24. The van der Waals surface area contributed by atoms with Crippen LogP contribution >= 0.6 is 0 Å². The fraction of sp³-hybridized carbons (Fsp3) is 0.929. The van der Waals surface area contributed by atoms with Crippen molar-refractivity contribution in [3.63, 3.8) is 0 Å². The van der Waals surface area contributed by atoms with Crippen LogP contribution in [0, 0.1) is 11.3 Å². The summed E-state index contributed by atoms with van der Waals surface area (Å²) in [4.78, 5) is 11.9. The summed E-state index contributed by atoms with van der Waals surface area (Å²) >= 11 is 0. The molecule has 3 unspecified atom stereocenters. The van der Waals surface area contributed by atoms with Crippen LogP contribution in [0.3, 0.4) is 0 Å². The minimum Gasteiger partial charge on any atom is -0.353 e. The predicted molar refractivity (Wildman–Crippen MR) is 71.6 cm³/mol. The van der Waals surface area contributed by atoms with Crippen LogP contribution < -0.4 is 11.1 Å². The Labute approximate surface area is 106 Å². The molecule has 1 rings (SSSR count). The summed E-state index contributed by atoms with van der Waals surface area (Å²) in [5.41, 5.74) is 6.02. The second kappa shape index (κ2) is 5.85. The van der Waals surface area contributed by atoms with E-state index in [4.69, 9.17) is 5.73 Å². The molecule has 1 amide bonds. The van der Waals surface area contributed by atoms with Gasteiger partial charge in [-0.1, -0.05) is 40.5 Å². The monoisotopic (exact) mass is 240 g/mol. The minimum atomic E-state index is -0.0662. The molecule has 1 saturated carbocycles. The number of rotatable bonds is 3. The molecule has 0 aliphatic heterocycles. The van der Waals surface area contributed by atoms with E-state index in [0.29, 0.717) is 12.5 Å².